The van der Waals surface area contributed by atoms with Crippen molar-refractivity contribution in [2.24, 2.45) is 0 Å². The largest absolute Gasteiger partial charge is 0.497 e. The van der Waals surface area contributed by atoms with Crippen LogP contribution in [0.2, 0.25) is 0 Å². The number of para-hydroxylation sites is 1. The SMILES string of the molecule is CNC(=O)CNC(=O)CSc1nnc(-c2ccc(OC)cc2)n1-c1ccccc1. The van der Waals surface area contributed by atoms with Crippen LogP contribution in [0.5, 0.6) is 5.75 Å². The summed E-state index contributed by atoms with van der Waals surface area (Å²) in [5, 5.41) is 14.2. The number of carbonyl (C=O) groups excluding carboxylic acids is 2. The number of nitrogens with one attached hydrogen (secondary N) is 2. The van der Waals surface area contributed by atoms with E-state index in [0.29, 0.717) is 11.0 Å². The first-order valence-corrected chi connectivity index (χ1v) is 9.86. The van der Waals surface area contributed by atoms with Crippen molar-refractivity contribution in [1.82, 2.24) is 25.4 Å². The van der Waals surface area contributed by atoms with Gasteiger partial charge in [0.2, 0.25) is 11.8 Å². The Morgan fingerprint density at radius 1 is 1.03 bits per heavy atom. The van der Waals surface area contributed by atoms with E-state index in [0.717, 1.165) is 17.0 Å². The molecule has 9 heteroatoms. The van der Waals surface area contributed by atoms with Gasteiger partial charge in [-0.15, -0.1) is 10.2 Å². The number of rotatable bonds is 8. The lowest BCUT2D eigenvalue weighted by molar-refractivity contribution is -0.124. The van der Waals surface area contributed by atoms with Gasteiger partial charge in [0.15, 0.2) is 11.0 Å². The molecule has 29 heavy (non-hydrogen) atoms. The van der Waals surface area contributed by atoms with Gasteiger partial charge in [-0.05, 0) is 36.4 Å². The Kier molecular flexibility index (Phi) is 6.85. The Labute approximate surface area is 172 Å². The molecule has 0 spiro atoms. The predicted octanol–water partition coefficient (Wildman–Crippen LogP) is 1.90. The number of carbonyl (C=O) groups is 2. The van der Waals surface area contributed by atoms with Crippen LogP contribution in [0.1, 0.15) is 0 Å². The summed E-state index contributed by atoms with van der Waals surface area (Å²) in [5.74, 6) is 1.02. The summed E-state index contributed by atoms with van der Waals surface area (Å²) in [6, 6.07) is 17.2. The van der Waals surface area contributed by atoms with Crippen molar-refractivity contribution >= 4 is 23.6 Å². The smallest absolute Gasteiger partial charge is 0.239 e. The third kappa shape index (κ3) is 5.14. The van der Waals surface area contributed by atoms with Crippen LogP contribution >= 0.6 is 11.8 Å². The summed E-state index contributed by atoms with van der Waals surface area (Å²) in [6.07, 6.45) is 0. The molecule has 0 bridgehead atoms. The third-order valence-electron chi connectivity index (χ3n) is 4.05. The minimum Gasteiger partial charge on any atom is -0.497 e. The highest BCUT2D eigenvalue weighted by Crippen LogP contribution is 2.28. The summed E-state index contributed by atoms with van der Waals surface area (Å²) >= 11 is 1.25. The molecule has 0 atom stereocenters. The number of thioether (sulfide) groups is 1. The first-order valence-electron chi connectivity index (χ1n) is 8.87. The molecule has 0 aliphatic rings. The summed E-state index contributed by atoms with van der Waals surface area (Å²) in [5.41, 5.74) is 1.76. The van der Waals surface area contributed by atoms with Gasteiger partial charge in [-0.2, -0.15) is 0 Å². The van der Waals surface area contributed by atoms with Gasteiger partial charge in [0.05, 0.1) is 19.4 Å². The number of ether oxygens (including phenoxy) is 1. The van der Waals surface area contributed by atoms with Gasteiger partial charge in [-0.3, -0.25) is 14.2 Å². The van der Waals surface area contributed by atoms with E-state index in [1.165, 1.54) is 18.8 Å². The van der Waals surface area contributed by atoms with Crippen molar-refractivity contribution < 1.29 is 14.3 Å². The van der Waals surface area contributed by atoms with Crippen molar-refractivity contribution in [3.8, 4) is 22.8 Å². The average Bonchev–Trinajstić information content (AvgIpc) is 3.20. The first kappa shape index (κ1) is 20.4. The Bertz CT molecular complexity index is 974. The lowest BCUT2D eigenvalue weighted by atomic mass is 10.2. The highest BCUT2D eigenvalue weighted by atomic mass is 32.2. The van der Waals surface area contributed by atoms with Crippen molar-refractivity contribution in [3.05, 3.63) is 54.6 Å². The van der Waals surface area contributed by atoms with E-state index in [4.69, 9.17) is 4.74 Å². The zero-order chi connectivity index (χ0) is 20.6. The lowest BCUT2D eigenvalue weighted by Crippen LogP contribution is -2.36. The Balaban J connectivity index is 1.84. The second-order valence-corrected chi connectivity index (χ2v) is 6.89. The molecule has 0 radical (unpaired) electrons. The Hall–Kier alpha value is -3.33. The van der Waals surface area contributed by atoms with Crippen LogP contribution in [0.3, 0.4) is 0 Å². The van der Waals surface area contributed by atoms with Crippen LogP contribution in [0.25, 0.3) is 17.1 Å². The van der Waals surface area contributed by atoms with Gasteiger partial charge >= 0.3 is 0 Å². The normalized spacial score (nSPS) is 10.4. The standard InChI is InChI=1S/C20H21N5O3S/c1-21-17(26)12-22-18(27)13-29-20-24-23-19(14-8-10-16(28-2)11-9-14)25(20)15-6-4-3-5-7-15/h3-11H,12-13H2,1-2H3,(H,21,26)(H,22,27). The molecule has 150 valence electrons. The zero-order valence-electron chi connectivity index (χ0n) is 16.1. The molecule has 0 saturated heterocycles. The van der Waals surface area contributed by atoms with Crippen LogP contribution in [0, 0.1) is 0 Å². The van der Waals surface area contributed by atoms with Crippen molar-refractivity contribution in [1.29, 1.82) is 0 Å². The highest BCUT2D eigenvalue weighted by Gasteiger charge is 2.17. The van der Waals surface area contributed by atoms with Gasteiger partial charge in [-0.1, -0.05) is 30.0 Å². The molecule has 8 nitrogen and oxygen atoms in total. The van der Waals surface area contributed by atoms with Gasteiger partial charge < -0.3 is 15.4 Å². The van der Waals surface area contributed by atoms with E-state index in [-0.39, 0.29) is 24.1 Å². The van der Waals surface area contributed by atoms with Crippen LogP contribution in [-0.4, -0.2) is 53.0 Å². The molecular formula is C20H21N5O3S. The molecule has 2 aromatic carbocycles. The highest BCUT2D eigenvalue weighted by molar-refractivity contribution is 7.99. The van der Waals surface area contributed by atoms with Gasteiger partial charge in [0.1, 0.15) is 5.75 Å². The number of nitrogens with zero attached hydrogens (tertiary/aromatic N) is 3. The lowest BCUT2D eigenvalue weighted by Gasteiger charge is -2.10. The molecule has 1 heterocycles. The van der Waals surface area contributed by atoms with E-state index in [2.05, 4.69) is 20.8 Å². The van der Waals surface area contributed by atoms with Crippen LogP contribution in [0.4, 0.5) is 0 Å². The molecule has 2 N–H and O–H groups in total. The molecule has 0 aliphatic carbocycles. The quantitative estimate of drug-likeness (QED) is 0.550. The molecule has 0 aliphatic heterocycles. The second kappa shape index (κ2) is 9.74. The Morgan fingerprint density at radius 3 is 2.41 bits per heavy atom. The van der Waals surface area contributed by atoms with Crippen molar-refractivity contribution in [2.45, 2.75) is 5.16 Å². The number of amides is 2. The predicted molar refractivity (Wildman–Crippen MR) is 111 cm³/mol. The number of methoxy groups -OCH3 is 1. The summed E-state index contributed by atoms with van der Waals surface area (Å²) in [7, 11) is 3.14. The molecule has 0 saturated carbocycles. The van der Waals surface area contributed by atoms with Gasteiger partial charge in [-0.25, -0.2) is 0 Å². The maximum atomic E-state index is 12.0. The summed E-state index contributed by atoms with van der Waals surface area (Å²) in [6.45, 7) is -0.0572. The van der Waals surface area contributed by atoms with E-state index >= 15 is 0 Å². The van der Waals surface area contributed by atoms with E-state index in [1.807, 2.05) is 59.2 Å². The number of aromatic nitrogens is 3. The Morgan fingerprint density at radius 2 is 1.76 bits per heavy atom. The minimum atomic E-state index is -0.257. The summed E-state index contributed by atoms with van der Waals surface area (Å²) in [4.78, 5) is 23.3. The maximum absolute atomic E-state index is 12.0. The monoisotopic (exact) mass is 411 g/mol. The topological polar surface area (TPSA) is 98.1 Å². The molecule has 0 unspecified atom stereocenters. The third-order valence-corrected chi connectivity index (χ3v) is 4.98. The number of hydrogen-bond acceptors (Lipinski definition) is 6. The fourth-order valence-corrected chi connectivity index (χ4v) is 3.33. The molecule has 3 aromatic rings. The minimum absolute atomic E-state index is 0.0572. The average molecular weight is 411 g/mol. The van der Waals surface area contributed by atoms with E-state index in [9.17, 15) is 9.59 Å². The fourth-order valence-electron chi connectivity index (χ4n) is 2.55. The van der Waals surface area contributed by atoms with Crippen molar-refractivity contribution in [2.75, 3.05) is 26.5 Å². The molecule has 0 fully saturated rings. The summed E-state index contributed by atoms with van der Waals surface area (Å²) < 4.78 is 7.12. The number of hydrogen-bond donors (Lipinski definition) is 2. The van der Waals surface area contributed by atoms with Crippen molar-refractivity contribution in [3.63, 3.8) is 0 Å². The molecule has 2 amide bonds. The van der Waals surface area contributed by atoms with Gasteiger partial charge in [0, 0.05) is 18.3 Å². The van der Waals surface area contributed by atoms with Crippen LogP contribution < -0.4 is 15.4 Å². The van der Waals surface area contributed by atoms with Crippen LogP contribution in [-0.2, 0) is 9.59 Å². The molecular weight excluding hydrogens is 390 g/mol. The molecule has 3 rings (SSSR count). The number of likely N-dealkylation sites (N-methyl/N-ethyl adjacent to an activating group) is 1. The first-order chi connectivity index (χ1) is 14.1. The molecule has 1 aromatic heterocycles. The van der Waals surface area contributed by atoms with E-state index in [1.54, 1.807) is 7.11 Å². The van der Waals surface area contributed by atoms with Gasteiger partial charge in [0.25, 0.3) is 0 Å². The fraction of sp³-hybridized carbons (Fsp3) is 0.200. The maximum Gasteiger partial charge on any atom is 0.239 e. The van der Waals surface area contributed by atoms with E-state index < -0.39 is 0 Å². The second-order valence-electron chi connectivity index (χ2n) is 5.94. The number of benzene rings is 2. The van der Waals surface area contributed by atoms with Crippen LogP contribution in [0.15, 0.2) is 59.8 Å². The zero-order valence-corrected chi connectivity index (χ0v) is 16.9.